The zero-order valence-electron chi connectivity index (χ0n) is 11.2. The van der Waals surface area contributed by atoms with Crippen LogP contribution in [0.1, 0.15) is 19.3 Å². The smallest absolute Gasteiger partial charge is 0.312 e. The Hall–Kier alpha value is -1.36. The lowest BCUT2D eigenvalue weighted by atomic mass is 9.93. The van der Waals surface area contributed by atoms with E-state index >= 15 is 0 Å². The first-order chi connectivity index (χ1) is 9.24. The predicted octanol–water partition coefficient (Wildman–Crippen LogP) is -0.0147. The molecule has 0 aromatic rings. The Morgan fingerprint density at radius 3 is 2.95 bits per heavy atom. The summed E-state index contributed by atoms with van der Waals surface area (Å²) in [4.78, 5) is 27.3. The van der Waals surface area contributed by atoms with Gasteiger partial charge in [0.15, 0.2) is 0 Å². The second-order valence-corrected chi connectivity index (χ2v) is 5.77. The molecule has 2 amide bonds. The van der Waals surface area contributed by atoms with Gasteiger partial charge in [0.2, 0.25) is 0 Å². The number of rotatable bonds is 2. The highest BCUT2D eigenvalue weighted by atomic mass is 16.2. The maximum Gasteiger partial charge on any atom is 0.312 e. The fraction of sp³-hybridized carbons (Fsp3) is 0.714. The van der Waals surface area contributed by atoms with Crippen LogP contribution in [0.5, 0.6) is 0 Å². The van der Waals surface area contributed by atoms with E-state index in [2.05, 4.69) is 22.4 Å². The first kappa shape index (κ1) is 12.7. The van der Waals surface area contributed by atoms with Crippen LogP contribution >= 0.6 is 0 Å². The van der Waals surface area contributed by atoms with Crippen LogP contribution in [0.25, 0.3) is 0 Å². The first-order valence-electron chi connectivity index (χ1n) is 7.20. The van der Waals surface area contributed by atoms with E-state index in [4.69, 9.17) is 0 Å². The lowest BCUT2D eigenvalue weighted by Crippen LogP contribution is -2.65. The number of piperazine rings is 2. The van der Waals surface area contributed by atoms with Gasteiger partial charge in [0.05, 0.1) is 6.04 Å². The number of nitrogens with one attached hydrogen (secondary N) is 1. The number of fused-ring (bicyclic) bond motifs is 1. The molecule has 1 N–H and O–H groups in total. The molecule has 5 heteroatoms. The van der Waals surface area contributed by atoms with Gasteiger partial charge in [-0.25, -0.2) is 0 Å². The summed E-state index contributed by atoms with van der Waals surface area (Å²) in [6, 6.07) is 0.165. The summed E-state index contributed by atoms with van der Waals surface area (Å²) in [7, 11) is 0. The molecule has 0 radical (unpaired) electrons. The zero-order chi connectivity index (χ0) is 13.2. The molecule has 0 spiro atoms. The van der Waals surface area contributed by atoms with E-state index in [0.717, 1.165) is 25.6 Å². The molecule has 2 atom stereocenters. The molecule has 2 heterocycles. The molecule has 5 nitrogen and oxygen atoms in total. The summed E-state index contributed by atoms with van der Waals surface area (Å²) in [5, 5.41) is 2.69. The number of allylic oxidation sites excluding steroid dienone is 2. The third-order valence-electron chi connectivity index (χ3n) is 4.41. The number of hydrogen-bond acceptors (Lipinski definition) is 3. The summed E-state index contributed by atoms with van der Waals surface area (Å²) in [6.45, 7) is 4.21. The summed E-state index contributed by atoms with van der Waals surface area (Å²) in [6.07, 6.45) is 8.21. The molecule has 104 valence electrons. The Morgan fingerprint density at radius 2 is 2.16 bits per heavy atom. The minimum absolute atomic E-state index is 0.165. The molecular formula is C14H21N3O2. The van der Waals surface area contributed by atoms with E-state index < -0.39 is 5.91 Å². The molecule has 0 unspecified atom stereocenters. The Bertz CT molecular complexity index is 407. The van der Waals surface area contributed by atoms with Crippen molar-refractivity contribution in [1.82, 2.24) is 15.1 Å². The van der Waals surface area contributed by atoms with E-state index in [9.17, 15) is 9.59 Å². The van der Waals surface area contributed by atoms with Crippen molar-refractivity contribution < 1.29 is 9.59 Å². The van der Waals surface area contributed by atoms with Crippen LogP contribution in [0.3, 0.4) is 0 Å². The van der Waals surface area contributed by atoms with Crippen molar-refractivity contribution >= 4 is 11.8 Å². The quantitative estimate of drug-likeness (QED) is 0.563. The first-order valence-corrected chi connectivity index (χ1v) is 7.20. The van der Waals surface area contributed by atoms with E-state index in [1.165, 1.54) is 19.3 Å². The number of carbonyl (C=O) groups excluding carboxylic acids is 2. The standard InChI is InChI=1S/C14H21N3O2/c18-13-14(19)17-7-6-16(10-12(17)8-15-13)9-11-4-2-1-3-5-11/h1-2,11-12H,3-10H2,(H,15,18)/t11-,12-/m1/s1. The minimum atomic E-state index is -0.442. The normalized spacial score (nSPS) is 32.1. The second-order valence-electron chi connectivity index (χ2n) is 5.77. The van der Waals surface area contributed by atoms with E-state index in [-0.39, 0.29) is 11.9 Å². The molecule has 1 aliphatic carbocycles. The topological polar surface area (TPSA) is 52.7 Å². The Balaban J connectivity index is 1.56. The van der Waals surface area contributed by atoms with Crippen molar-refractivity contribution in [3.05, 3.63) is 12.2 Å². The Morgan fingerprint density at radius 1 is 1.26 bits per heavy atom. The maximum absolute atomic E-state index is 11.7. The van der Waals surface area contributed by atoms with Gasteiger partial charge in [-0.2, -0.15) is 0 Å². The van der Waals surface area contributed by atoms with Crippen molar-refractivity contribution in [1.29, 1.82) is 0 Å². The number of amides is 2. The summed E-state index contributed by atoms with van der Waals surface area (Å²) >= 11 is 0. The average molecular weight is 263 g/mol. The van der Waals surface area contributed by atoms with Crippen LogP contribution in [0, 0.1) is 5.92 Å². The van der Waals surface area contributed by atoms with Crippen molar-refractivity contribution in [2.24, 2.45) is 5.92 Å². The van der Waals surface area contributed by atoms with Crippen LogP contribution < -0.4 is 5.32 Å². The molecule has 0 saturated carbocycles. The maximum atomic E-state index is 11.7. The van der Waals surface area contributed by atoms with Gasteiger partial charge in [-0.3, -0.25) is 14.5 Å². The molecule has 0 aromatic heterocycles. The van der Waals surface area contributed by atoms with E-state index in [1.54, 1.807) is 4.90 Å². The second kappa shape index (κ2) is 5.33. The number of hydrogen-bond donors (Lipinski definition) is 1. The van der Waals surface area contributed by atoms with Gasteiger partial charge in [0, 0.05) is 32.7 Å². The Labute approximate surface area is 113 Å². The van der Waals surface area contributed by atoms with Crippen LogP contribution in [-0.4, -0.2) is 60.4 Å². The fourth-order valence-electron chi connectivity index (χ4n) is 3.33. The van der Waals surface area contributed by atoms with Crippen molar-refractivity contribution in [3.8, 4) is 0 Å². The monoisotopic (exact) mass is 263 g/mol. The van der Waals surface area contributed by atoms with E-state index in [1.807, 2.05) is 0 Å². The van der Waals surface area contributed by atoms with Gasteiger partial charge < -0.3 is 10.2 Å². The van der Waals surface area contributed by atoms with Crippen molar-refractivity contribution in [3.63, 3.8) is 0 Å². The largest absolute Gasteiger partial charge is 0.346 e. The number of carbonyl (C=O) groups is 2. The third kappa shape index (κ3) is 2.66. The van der Waals surface area contributed by atoms with Crippen LogP contribution in [0.15, 0.2) is 12.2 Å². The van der Waals surface area contributed by atoms with Gasteiger partial charge >= 0.3 is 11.8 Å². The molecule has 2 fully saturated rings. The molecule has 0 bridgehead atoms. The summed E-state index contributed by atoms with van der Waals surface area (Å²) < 4.78 is 0. The van der Waals surface area contributed by atoms with Gasteiger partial charge in [0.25, 0.3) is 0 Å². The average Bonchev–Trinajstić information content (AvgIpc) is 2.44. The molecular weight excluding hydrogens is 242 g/mol. The SMILES string of the molecule is O=C1NC[C@@H]2CN(C[C@@H]3CC=CCC3)CCN2C1=O. The van der Waals surface area contributed by atoms with Gasteiger partial charge in [-0.1, -0.05) is 12.2 Å². The highest BCUT2D eigenvalue weighted by Crippen LogP contribution is 2.21. The molecule has 19 heavy (non-hydrogen) atoms. The lowest BCUT2D eigenvalue weighted by Gasteiger charge is -2.44. The number of nitrogens with zero attached hydrogens (tertiary/aromatic N) is 2. The predicted molar refractivity (Wildman–Crippen MR) is 71.4 cm³/mol. The van der Waals surface area contributed by atoms with Gasteiger partial charge in [-0.05, 0) is 25.2 Å². The lowest BCUT2D eigenvalue weighted by molar-refractivity contribution is -0.152. The minimum Gasteiger partial charge on any atom is -0.346 e. The molecule has 0 aromatic carbocycles. The zero-order valence-corrected chi connectivity index (χ0v) is 11.2. The molecule has 3 rings (SSSR count). The van der Waals surface area contributed by atoms with Gasteiger partial charge in [-0.15, -0.1) is 0 Å². The molecule has 2 saturated heterocycles. The highest BCUT2D eigenvalue weighted by molar-refractivity contribution is 6.35. The van der Waals surface area contributed by atoms with Crippen LogP contribution in [0.2, 0.25) is 0 Å². The fourth-order valence-corrected chi connectivity index (χ4v) is 3.33. The van der Waals surface area contributed by atoms with Crippen molar-refractivity contribution in [2.45, 2.75) is 25.3 Å². The van der Waals surface area contributed by atoms with Crippen LogP contribution in [0.4, 0.5) is 0 Å². The van der Waals surface area contributed by atoms with Crippen molar-refractivity contribution in [2.75, 3.05) is 32.7 Å². The third-order valence-corrected chi connectivity index (χ3v) is 4.41. The van der Waals surface area contributed by atoms with E-state index in [0.29, 0.717) is 13.1 Å². The summed E-state index contributed by atoms with van der Waals surface area (Å²) in [5.41, 5.74) is 0. The molecule has 2 aliphatic heterocycles. The highest BCUT2D eigenvalue weighted by Gasteiger charge is 2.37. The van der Waals surface area contributed by atoms with Crippen LogP contribution in [-0.2, 0) is 9.59 Å². The van der Waals surface area contributed by atoms with Gasteiger partial charge in [0.1, 0.15) is 0 Å². The summed E-state index contributed by atoms with van der Waals surface area (Å²) in [5.74, 6) is -0.0379. The molecule has 3 aliphatic rings. The Kier molecular flexibility index (Phi) is 3.55.